The van der Waals surface area contributed by atoms with Crippen LogP contribution in [0.5, 0.6) is 0 Å². The van der Waals surface area contributed by atoms with E-state index in [0.29, 0.717) is 10.6 Å². The van der Waals surface area contributed by atoms with E-state index in [4.69, 9.17) is 23.8 Å². The van der Waals surface area contributed by atoms with Gasteiger partial charge in [0, 0.05) is 11.4 Å². The Morgan fingerprint density at radius 2 is 1.74 bits per heavy atom. The standard InChI is InChI=1S/C24H17ClF3N3O2S/c1-13-10-15(14(2)30(13)20-9-4-3-8-19(20)25)11-18-21(32)29-23(34)31(22(18)33)17-7-5-6-16(12-17)24(26,27)28/h3-12H,1-2H3,(H,29,32,34)/b18-11+. The minimum absolute atomic E-state index is 0.0998. The van der Waals surface area contributed by atoms with Crippen LogP contribution < -0.4 is 10.2 Å². The van der Waals surface area contributed by atoms with Crippen LogP contribution in [0.15, 0.2) is 60.2 Å². The second-order valence-corrected chi connectivity index (χ2v) is 8.41. The first kappa shape index (κ1) is 23.7. The predicted molar refractivity (Wildman–Crippen MR) is 128 cm³/mol. The molecule has 0 unspecified atom stereocenters. The Balaban J connectivity index is 1.77. The van der Waals surface area contributed by atoms with Crippen LogP contribution in [0.2, 0.25) is 5.02 Å². The van der Waals surface area contributed by atoms with Gasteiger partial charge >= 0.3 is 6.18 Å². The van der Waals surface area contributed by atoms with Gasteiger partial charge in [0.25, 0.3) is 11.8 Å². The summed E-state index contributed by atoms with van der Waals surface area (Å²) in [5.41, 5.74) is 1.54. The molecule has 0 spiro atoms. The highest BCUT2D eigenvalue weighted by atomic mass is 35.5. The summed E-state index contributed by atoms with van der Waals surface area (Å²) in [4.78, 5) is 26.7. The fourth-order valence-corrected chi connectivity index (χ4v) is 4.31. The fourth-order valence-electron chi connectivity index (χ4n) is 3.81. The number of anilines is 1. The van der Waals surface area contributed by atoms with Crippen molar-refractivity contribution in [3.8, 4) is 5.69 Å². The summed E-state index contributed by atoms with van der Waals surface area (Å²) in [7, 11) is 0. The third kappa shape index (κ3) is 4.24. The Morgan fingerprint density at radius 1 is 1.03 bits per heavy atom. The maximum absolute atomic E-state index is 13.2. The molecule has 174 valence electrons. The lowest BCUT2D eigenvalue weighted by molar-refractivity contribution is -0.137. The van der Waals surface area contributed by atoms with Crippen molar-refractivity contribution in [2.24, 2.45) is 0 Å². The predicted octanol–water partition coefficient (Wildman–Crippen LogP) is 5.60. The molecule has 10 heteroatoms. The zero-order valence-corrected chi connectivity index (χ0v) is 19.5. The minimum Gasteiger partial charge on any atom is -0.316 e. The quantitative estimate of drug-likeness (QED) is 0.288. The molecule has 1 aliphatic rings. The molecular weight excluding hydrogens is 487 g/mol. The number of benzene rings is 2. The summed E-state index contributed by atoms with van der Waals surface area (Å²) in [6.45, 7) is 3.66. The van der Waals surface area contributed by atoms with E-state index in [1.807, 2.05) is 30.5 Å². The molecule has 3 aromatic rings. The summed E-state index contributed by atoms with van der Waals surface area (Å²) < 4.78 is 41.4. The number of nitrogens with zero attached hydrogens (tertiary/aromatic N) is 2. The van der Waals surface area contributed by atoms with Crippen molar-refractivity contribution < 1.29 is 22.8 Å². The summed E-state index contributed by atoms with van der Waals surface area (Å²) in [6.07, 6.45) is -3.20. The smallest absolute Gasteiger partial charge is 0.316 e. The Hall–Kier alpha value is -3.43. The van der Waals surface area contributed by atoms with E-state index in [2.05, 4.69) is 5.32 Å². The summed E-state index contributed by atoms with van der Waals surface area (Å²) in [5.74, 6) is -1.56. The third-order valence-electron chi connectivity index (χ3n) is 5.40. The number of para-hydroxylation sites is 1. The topological polar surface area (TPSA) is 54.3 Å². The summed E-state index contributed by atoms with van der Waals surface area (Å²) in [6, 6.07) is 13.2. The van der Waals surface area contributed by atoms with Gasteiger partial charge in [0.05, 0.1) is 22.0 Å². The number of hydrogen-bond donors (Lipinski definition) is 1. The molecule has 1 aliphatic heterocycles. The molecule has 1 fully saturated rings. The van der Waals surface area contributed by atoms with Crippen molar-refractivity contribution in [1.82, 2.24) is 9.88 Å². The molecule has 2 heterocycles. The number of nitrogens with one attached hydrogen (secondary N) is 1. The number of aryl methyl sites for hydroxylation is 1. The van der Waals surface area contributed by atoms with Crippen molar-refractivity contribution >= 4 is 52.5 Å². The Labute approximate surface area is 203 Å². The van der Waals surface area contributed by atoms with Gasteiger partial charge in [0.1, 0.15) is 5.57 Å². The second-order valence-electron chi connectivity index (χ2n) is 7.62. The Morgan fingerprint density at radius 3 is 2.41 bits per heavy atom. The molecule has 0 aliphatic carbocycles. The molecule has 4 rings (SSSR count). The van der Waals surface area contributed by atoms with Gasteiger partial charge in [-0.1, -0.05) is 29.8 Å². The zero-order valence-electron chi connectivity index (χ0n) is 17.9. The lowest BCUT2D eigenvalue weighted by Crippen LogP contribution is -2.54. The largest absolute Gasteiger partial charge is 0.416 e. The normalized spacial score (nSPS) is 15.8. The number of aromatic nitrogens is 1. The van der Waals surface area contributed by atoms with Gasteiger partial charge in [0.2, 0.25) is 0 Å². The SMILES string of the molecule is Cc1cc(/C=C2\C(=O)NC(=S)N(c3cccc(C(F)(F)F)c3)C2=O)c(C)n1-c1ccccc1Cl. The van der Waals surface area contributed by atoms with Crippen molar-refractivity contribution in [3.05, 3.63) is 87.7 Å². The molecule has 0 radical (unpaired) electrons. The molecule has 1 aromatic heterocycles. The number of hydrogen-bond acceptors (Lipinski definition) is 3. The van der Waals surface area contributed by atoms with Crippen molar-refractivity contribution in [1.29, 1.82) is 0 Å². The monoisotopic (exact) mass is 503 g/mol. The first-order valence-corrected chi connectivity index (χ1v) is 10.8. The maximum atomic E-state index is 13.2. The highest BCUT2D eigenvalue weighted by molar-refractivity contribution is 7.80. The lowest BCUT2D eigenvalue weighted by Gasteiger charge is -2.29. The van der Waals surface area contributed by atoms with Crippen LogP contribution in [0.25, 0.3) is 11.8 Å². The van der Waals surface area contributed by atoms with E-state index in [-0.39, 0.29) is 16.4 Å². The molecule has 1 N–H and O–H groups in total. The van der Waals surface area contributed by atoms with Gasteiger partial charge in [-0.15, -0.1) is 0 Å². The van der Waals surface area contributed by atoms with Crippen molar-refractivity contribution in [2.75, 3.05) is 4.90 Å². The first-order valence-electron chi connectivity index (χ1n) is 10.0. The number of rotatable bonds is 3. The second kappa shape index (κ2) is 8.73. The van der Waals surface area contributed by atoms with Gasteiger partial charge in [-0.05, 0) is 74.1 Å². The molecule has 1 saturated heterocycles. The zero-order chi connectivity index (χ0) is 24.8. The van der Waals surface area contributed by atoms with E-state index in [1.54, 1.807) is 18.2 Å². The van der Waals surface area contributed by atoms with Crippen LogP contribution in [0.1, 0.15) is 22.5 Å². The third-order valence-corrected chi connectivity index (χ3v) is 6.00. The highest BCUT2D eigenvalue weighted by Gasteiger charge is 2.37. The number of amides is 2. The van der Waals surface area contributed by atoms with Crippen LogP contribution in [0.3, 0.4) is 0 Å². The van der Waals surface area contributed by atoms with E-state index < -0.39 is 23.6 Å². The van der Waals surface area contributed by atoms with Gasteiger partial charge in [-0.25, -0.2) is 0 Å². The average Bonchev–Trinajstić information content (AvgIpc) is 3.04. The van der Waals surface area contributed by atoms with E-state index in [9.17, 15) is 22.8 Å². The number of thiocarbonyl (C=S) groups is 1. The van der Waals surface area contributed by atoms with Crippen LogP contribution in [0.4, 0.5) is 18.9 Å². The van der Waals surface area contributed by atoms with E-state index >= 15 is 0 Å². The minimum atomic E-state index is -4.60. The van der Waals surface area contributed by atoms with E-state index in [1.165, 1.54) is 18.2 Å². The van der Waals surface area contributed by atoms with Crippen LogP contribution >= 0.6 is 23.8 Å². The van der Waals surface area contributed by atoms with Gasteiger partial charge in [-0.3, -0.25) is 19.8 Å². The van der Waals surface area contributed by atoms with Gasteiger partial charge < -0.3 is 4.57 Å². The highest BCUT2D eigenvalue weighted by Crippen LogP contribution is 2.33. The summed E-state index contributed by atoms with van der Waals surface area (Å²) in [5, 5.41) is 2.61. The molecule has 0 atom stereocenters. The summed E-state index contributed by atoms with van der Waals surface area (Å²) >= 11 is 11.4. The molecular formula is C24H17ClF3N3O2S. The van der Waals surface area contributed by atoms with E-state index in [0.717, 1.165) is 34.1 Å². The lowest BCUT2D eigenvalue weighted by atomic mass is 10.1. The first-order chi connectivity index (χ1) is 16.0. The molecule has 2 aromatic carbocycles. The van der Waals surface area contributed by atoms with Gasteiger partial charge in [0.15, 0.2) is 5.11 Å². The number of carbonyl (C=O) groups is 2. The molecule has 34 heavy (non-hydrogen) atoms. The van der Waals surface area contributed by atoms with Gasteiger partial charge in [-0.2, -0.15) is 13.2 Å². The molecule has 5 nitrogen and oxygen atoms in total. The molecule has 0 bridgehead atoms. The Bertz CT molecular complexity index is 1380. The van der Waals surface area contributed by atoms with Crippen LogP contribution in [-0.4, -0.2) is 21.5 Å². The number of alkyl halides is 3. The van der Waals surface area contributed by atoms with Crippen LogP contribution in [0, 0.1) is 13.8 Å². The maximum Gasteiger partial charge on any atom is 0.416 e. The number of carbonyl (C=O) groups excluding carboxylic acids is 2. The molecule has 0 saturated carbocycles. The number of halogens is 4. The fraction of sp³-hybridized carbons (Fsp3) is 0.125. The van der Waals surface area contributed by atoms with Crippen molar-refractivity contribution in [3.63, 3.8) is 0 Å². The average molecular weight is 504 g/mol. The van der Waals surface area contributed by atoms with Crippen molar-refractivity contribution in [2.45, 2.75) is 20.0 Å². The Kier molecular flexibility index (Phi) is 6.09. The van der Waals surface area contributed by atoms with Crippen LogP contribution in [-0.2, 0) is 15.8 Å². The molecule has 2 amide bonds.